The predicted molar refractivity (Wildman–Crippen MR) is 153 cm³/mol. The first-order valence-electron chi connectivity index (χ1n) is 13.5. The molecule has 0 N–H and O–H groups in total. The number of rotatable bonds is 10. The van der Waals surface area contributed by atoms with Crippen LogP contribution in [0.15, 0.2) is 95.9 Å². The second-order valence-electron chi connectivity index (χ2n) is 9.32. The van der Waals surface area contributed by atoms with Crippen LogP contribution >= 0.6 is 0 Å². The monoisotopic (exact) mass is 649 g/mol. The zero-order chi connectivity index (χ0) is 30.2. The second-order valence-corrected chi connectivity index (χ2v) is 11.2. The molecule has 0 saturated carbocycles. The molecule has 1 aliphatic rings. The molecule has 0 bridgehead atoms. The van der Waals surface area contributed by atoms with Gasteiger partial charge in [-0.15, -0.1) is 0 Å². The van der Waals surface area contributed by atoms with Crippen molar-refractivity contribution < 1.29 is 42.9 Å². The van der Waals surface area contributed by atoms with Crippen molar-refractivity contribution in [2.24, 2.45) is 0 Å². The molecule has 11 heteroatoms. The van der Waals surface area contributed by atoms with Gasteiger partial charge in [0.2, 0.25) is 0 Å². The zero-order valence-corrected chi connectivity index (χ0v) is 24.7. The summed E-state index contributed by atoms with van der Waals surface area (Å²) >= 11 is -0.465. The molecule has 1 fully saturated rings. The SMILES string of the molecule is CCOC(=O)c1c[se]c([C@@H]2O[C@H](COC(=O)c3ccccc3)[C@@H](OC(=O)c3ccccc3)[C@@H]2OC(=O)c2ccccc2)n1. The van der Waals surface area contributed by atoms with E-state index in [1.165, 1.54) is 0 Å². The number of carbonyl (C=O) groups is 4. The Morgan fingerprint density at radius 2 is 1.21 bits per heavy atom. The van der Waals surface area contributed by atoms with E-state index in [1.54, 1.807) is 103 Å². The molecule has 0 radical (unpaired) electrons. The first-order chi connectivity index (χ1) is 20.9. The molecule has 0 amide bonds. The van der Waals surface area contributed by atoms with Crippen LogP contribution in [0, 0.1) is 0 Å². The molecule has 0 spiro atoms. The van der Waals surface area contributed by atoms with Crippen molar-refractivity contribution in [3.05, 3.63) is 123 Å². The summed E-state index contributed by atoms with van der Waals surface area (Å²) in [7, 11) is 0. The molecule has 3 aromatic carbocycles. The maximum atomic E-state index is 13.3. The fourth-order valence-electron chi connectivity index (χ4n) is 4.40. The Balaban J connectivity index is 1.47. The normalized spacial score (nSPS) is 19.3. The first-order valence-corrected chi connectivity index (χ1v) is 15.3. The minimum atomic E-state index is -1.18. The number of nitrogens with zero attached hydrogens (tertiary/aromatic N) is 1. The summed E-state index contributed by atoms with van der Waals surface area (Å²) in [4.78, 5) is 57.7. The van der Waals surface area contributed by atoms with Crippen molar-refractivity contribution in [1.82, 2.24) is 4.98 Å². The number of ether oxygens (including phenoxy) is 5. The molecular weight excluding hydrogens is 621 g/mol. The van der Waals surface area contributed by atoms with E-state index in [9.17, 15) is 19.2 Å². The van der Waals surface area contributed by atoms with E-state index >= 15 is 0 Å². The van der Waals surface area contributed by atoms with Gasteiger partial charge in [0.25, 0.3) is 0 Å². The van der Waals surface area contributed by atoms with Gasteiger partial charge in [0.1, 0.15) is 0 Å². The third-order valence-corrected chi connectivity index (χ3v) is 8.35. The van der Waals surface area contributed by atoms with Crippen molar-refractivity contribution in [2.75, 3.05) is 13.2 Å². The molecule has 5 rings (SSSR count). The van der Waals surface area contributed by atoms with Crippen molar-refractivity contribution in [2.45, 2.75) is 31.3 Å². The molecule has 1 saturated heterocycles. The van der Waals surface area contributed by atoms with Gasteiger partial charge in [-0.2, -0.15) is 0 Å². The zero-order valence-electron chi connectivity index (χ0n) is 23.0. The van der Waals surface area contributed by atoms with Crippen LogP contribution in [0.4, 0.5) is 0 Å². The quantitative estimate of drug-likeness (QED) is 0.141. The number of carbonyl (C=O) groups excluding carboxylic acids is 4. The van der Waals surface area contributed by atoms with E-state index in [4.69, 9.17) is 23.7 Å². The first kappa shape index (κ1) is 29.9. The van der Waals surface area contributed by atoms with Gasteiger partial charge in [-0.1, -0.05) is 0 Å². The van der Waals surface area contributed by atoms with E-state index in [0.29, 0.717) is 10.1 Å². The third kappa shape index (κ3) is 7.26. The van der Waals surface area contributed by atoms with Gasteiger partial charge in [-0.05, 0) is 0 Å². The Morgan fingerprint density at radius 3 is 1.74 bits per heavy atom. The topological polar surface area (TPSA) is 127 Å². The van der Waals surface area contributed by atoms with E-state index in [-0.39, 0.29) is 30.0 Å². The van der Waals surface area contributed by atoms with Crippen LogP contribution in [0.25, 0.3) is 0 Å². The standard InChI is InChI=1S/C32H27NO9Se/c1-2-38-32(37)23-19-43-28(33-23)27-26(42-31(36)22-16-10-5-11-17-22)25(41-30(35)21-14-8-4-9-15-21)24(40-27)18-39-29(34)20-12-6-3-7-13-20/h3-17,19,24-27H,2,18H2,1H3/t24-,25-,26+,27-/m1/s1. The average Bonchev–Trinajstić information content (AvgIpc) is 3.66. The minimum absolute atomic E-state index is 0.116. The van der Waals surface area contributed by atoms with Crippen LogP contribution in [0.5, 0.6) is 0 Å². The Hall–Kier alpha value is -4.57. The Bertz CT molecular complexity index is 1560. The number of hydrogen-bond acceptors (Lipinski definition) is 10. The van der Waals surface area contributed by atoms with Crippen LogP contribution in [0.2, 0.25) is 0 Å². The van der Waals surface area contributed by atoms with Gasteiger partial charge < -0.3 is 0 Å². The van der Waals surface area contributed by atoms with Gasteiger partial charge in [0, 0.05) is 0 Å². The fraction of sp³-hybridized carbons (Fsp3) is 0.219. The van der Waals surface area contributed by atoms with Crippen molar-refractivity contribution in [1.29, 1.82) is 0 Å². The Morgan fingerprint density at radius 1 is 0.698 bits per heavy atom. The van der Waals surface area contributed by atoms with E-state index in [1.807, 2.05) is 0 Å². The van der Waals surface area contributed by atoms with E-state index in [2.05, 4.69) is 4.98 Å². The van der Waals surface area contributed by atoms with Crippen molar-refractivity contribution in [3.63, 3.8) is 0 Å². The summed E-state index contributed by atoms with van der Waals surface area (Å²) in [5.41, 5.74) is 0.990. The molecule has 43 heavy (non-hydrogen) atoms. The van der Waals surface area contributed by atoms with Crippen LogP contribution in [0.3, 0.4) is 0 Å². The van der Waals surface area contributed by atoms with Gasteiger partial charge in [0.05, 0.1) is 0 Å². The van der Waals surface area contributed by atoms with Gasteiger partial charge in [-0.25, -0.2) is 0 Å². The Kier molecular flexibility index (Phi) is 9.78. The maximum absolute atomic E-state index is 13.3. The molecular formula is C32H27NO9Se. The van der Waals surface area contributed by atoms with Gasteiger partial charge in [0.15, 0.2) is 0 Å². The number of hydrogen-bond donors (Lipinski definition) is 0. The van der Waals surface area contributed by atoms with E-state index in [0.717, 1.165) is 0 Å². The summed E-state index contributed by atoms with van der Waals surface area (Å²) in [6.45, 7) is 1.56. The fourth-order valence-corrected chi connectivity index (χ4v) is 6.19. The predicted octanol–water partition coefficient (Wildman–Crippen LogP) is 4.06. The molecule has 220 valence electrons. The van der Waals surface area contributed by atoms with Crippen molar-refractivity contribution in [3.8, 4) is 0 Å². The molecule has 0 unspecified atom stereocenters. The molecule has 10 nitrogen and oxygen atoms in total. The summed E-state index contributed by atoms with van der Waals surface area (Å²) in [6, 6.07) is 25.0. The number of esters is 4. The van der Waals surface area contributed by atoms with Crippen LogP contribution < -0.4 is 0 Å². The second kappa shape index (κ2) is 14.1. The molecule has 1 aliphatic heterocycles. The van der Waals surface area contributed by atoms with E-state index < -0.39 is 62.8 Å². The summed E-state index contributed by atoms with van der Waals surface area (Å²) in [5, 5.41) is 0. The molecule has 1 aromatic heterocycles. The summed E-state index contributed by atoms with van der Waals surface area (Å²) in [5.74, 6) is -2.55. The summed E-state index contributed by atoms with van der Waals surface area (Å²) in [6.07, 6.45) is -4.37. The molecule has 4 aromatic rings. The summed E-state index contributed by atoms with van der Waals surface area (Å²) < 4.78 is 29.2. The van der Waals surface area contributed by atoms with Gasteiger partial charge in [-0.3, -0.25) is 0 Å². The third-order valence-electron chi connectivity index (χ3n) is 6.45. The van der Waals surface area contributed by atoms with Crippen LogP contribution in [-0.2, 0) is 23.7 Å². The van der Waals surface area contributed by atoms with Gasteiger partial charge >= 0.3 is 254 Å². The average molecular weight is 649 g/mol. The van der Waals surface area contributed by atoms with Crippen LogP contribution in [-0.4, -0.2) is 74.9 Å². The van der Waals surface area contributed by atoms with Crippen LogP contribution in [0.1, 0.15) is 59.2 Å². The van der Waals surface area contributed by atoms with Crippen molar-refractivity contribution >= 4 is 38.4 Å². The Labute approximate surface area is 253 Å². The number of aromatic nitrogens is 1. The molecule has 2 heterocycles. The molecule has 0 aliphatic carbocycles. The molecule has 4 atom stereocenters. The number of benzene rings is 3.